The summed E-state index contributed by atoms with van der Waals surface area (Å²) in [7, 11) is 5.48. The molecule has 106 valence electrons. The first kappa shape index (κ1) is 14.3. The average Bonchev–Trinajstić information content (AvgIpc) is 2.85. The summed E-state index contributed by atoms with van der Waals surface area (Å²) in [6.45, 7) is 1.07. The van der Waals surface area contributed by atoms with Crippen molar-refractivity contribution in [3.8, 4) is 5.75 Å². The summed E-state index contributed by atoms with van der Waals surface area (Å²) < 4.78 is 7.17. The Morgan fingerprint density at radius 1 is 1.25 bits per heavy atom. The molecule has 0 radical (unpaired) electrons. The van der Waals surface area contributed by atoms with Crippen molar-refractivity contribution in [2.75, 3.05) is 20.7 Å². The topological polar surface area (TPSA) is 34.5 Å². The minimum atomic E-state index is 0.120. The van der Waals surface area contributed by atoms with Crippen molar-refractivity contribution in [3.05, 3.63) is 53.9 Å². The van der Waals surface area contributed by atoms with Gasteiger partial charge >= 0.3 is 0 Å². The third-order valence-electron chi connectivity index (χ3n) is 3.28. The molecule has 0 unspecified atom stereocenters. The van der Waals surface area contributed by atoms with E-state index < -0.39 is 0 Å². The normalized spacial score (nSPS) is 10.8. The van der Waals surface area contributed by atoms with Crippen LogP contribution >= 0.6 is 0 Å². The van der Waals surface area contributed by atoms with Crippen molar-refractivity contribution in [2.45, 2.75) is 6.54 Å². The molecule has 0 amide bonds. The smallest absolute Gasteiger partial charge is 0.193 e. The molecule has 0 bridgehead atoms. The number of carbonyl (C=O) groups excluding carboxylic acids is 1. The van der Waals surface area contributed by atoms with Gasteiger partial charge in [-0.1, -0.05) is 18.2 Å². The van der Waals surface area contributed by atoms with Gasteiger partial charge in [0.1, 0.15) is 5.75 Å². The molecule has 0 fully saturated rings. The second-order valence-electron chi connectivity index (χ2n) is 4.91. The fourth-order valence-corrected chi connectivity index (χ4v) is 2.26. The van der Waals surface area contributed by atoms with E-state index in [9.17, 15) is 4.79 Å². The van der Waals surface area contributed by atoms with Crippen molar-refractivity contribution in [1.29, 1.82) is 0 Å². The lowest BCUT2D eigenvalue weighted by atomic mass is 10.2. The quantitative estimate of drug-likeness (QED) is 0.757. The van der Waals surface area contributed by atoms with Crippen LogP contribution in [-0.4, -0.2) is 36.0 Å². The molecular formula is C16H20N2O2. The number of hydrogen-bond acceptors (Lipinski definition) is 3. The molecule has 4 nitrogen and oxygen atoms in total. The number of aromatic nitrogens is 1. The highest BCUT2D eigenvalue weighted by molar-refractivity contribution is 5.96. The molecule has 0 aliphatic rings. The Balaban J connectivity index is 2.01. The first-order chi connectivity index (χ1) is 9.61. The van der Waals surface area contributed by atoms with Crippen LogP contribution in [0.4, 0.5) is 0 Å². The summed E-state index contributed by atoms with van der Waals surface area (Å²) in [6, 6.07) is 11.6. The number of benzene rings is 1. The molecular weight excluding hydrogens is 252 g/mol. The Hall–Kier alpha value is -2.07. The zero-order valence-electron chi connectivity index (χ0n) is 12.2. The van der Waals surface area contributed by atoms with Gasteiger partial charge in [0.2, 0.25) is 0 Å². The van der Waals surface area contributed by atoms with E-state index in [1.54, 1.807) is 7.11 Å². The van der Waals surface area contributed by atoms with E-state index in [0.717, 1.165) is 17.0 Å². The third-order valence-corrected chi connectivity index (χ3v) is 3.28. The Labute approximate surface area is 119 Å². The number of nitrogens with zero attached hydrogens (tertiary/aromatic N) is 2. The van der Waals surface area contributed by atoms with Gasteiger partial charge in [0.25, 0.3) is 0 Å². The maximum Gasteiger partial charge on any atom is 0.193 e. The third kappa shape index (κ3) is 3.27. The zero-order chi connectivity index (χ0) is 14.5. The Bertz CT molecular complexity index is 590. The number of aryl methyl sites for hydroxylation is 1. The van der Waals surface area contributed by atoms with Crippen LogP contribution in [0.1, 0.15) is 16.1 Å². The monoisotopic (exact) mass is 272 g/mol. The maximum atomic E-state index is 12.2. The van der Waals surface area contributed by atoms with Crippen LogP contribution in [0.5, 0.6) is 5.75 Å². The lowest BCUT2D eigenvalue weighted by Crippen LogP contribution is -2.26. The molecule has 0 N–H and O–H groups in total. The first-order valence-electron chi connectivity index (χ1n) is 6.56. The average molecular weight is 272 g/mol. The molecule has 2 aromatic rings. The molecule has 20 heavy (non-hydrogen) atoms. The molecule has 1 aromatic carbocycles. The van der Waals surface area contributed by atoms with E-state index >= 15 is 0 Å². The molecule has 0 aliphatic heterocycles. The maximum absolute atomic E-state index is 12.2. The molecule has 0 aliphatic carbocycles. The van der Waals surface area contributed by atoms with Crippen molar-refractivity contribution in [3.63, 3.8) is 0 Å². The first-order valence-corrected chi connectivity index (χ1v) is 6.56. The highest BCUT2D eigenvalue weighted by atomic mass is 16.5. The Morgan fingerprint density at radius 2 is 2.00 bits per heavy atom. The molecule has 0 atom stereocenters. The van der Waals surface area contributed by atoms with Gasteiger partial charge in [-0.3, -0.25) is 9.69 Å². The fraction of sp³-hybridized carbons (Fsp3) is 0.312. The number of likely N-dealkylation sites (N-methyl/N-ethyl adjacent to an activating group) is 1. The van der Waals surface area contributed by atoms with Gasteiger partial charge in [0.05, 0.1) is 19.3 Å². The number of rotatable bonds is 6. The number of ketones is 1. The molecule has 0 saturated heterocycles. The van der Waals surface area contributed by atoms with Gasteiger partial charge in [-0.05, 0) is 25.2 Å². The van der Waals surface area contributed by atoms with Crippen LogP contribution in [0.15, 0.2) is 42.6 Å². The lowest BCUT2D eigenvalue weighted by molar-refractivity contribution is 0.0934. The number of hydrogen-bond donors (Lipinski definition) is 0. The van der Waals surface area contributed by atoms with E-state index in [1.807, 2.05) is 66.2 Å². The summed E-state index contributed by atoms with van der Waals surface area (Å²) in [5.74, 6) is 0.973. The van der Waals surface area contributed by atoms with Crippen LogP contribution in [0.3, 0.4) is 0 Å². The predicted octanol–water partition coefficient (Wildman–Crippen LogP) is 2.35. The minimum Gasteiger partial charge on any atom is -0.496 e. The largest absolute Gasteiger partial charge is 0.496 e. The molecule has 4 heteroatoms. The molecule has 2 rings (SSSR count). The van der Waals surface area contributed by atoms with Gasteiger partial charge in [-0.2, -0.15) is 0 Å². The van der Waals surface area contributed by atoms with Gasteiger partial charge in [0.15, 0.2) is 5.78 Å². The fourth-order valence-electron chi connectivity index (χ4n) is 2.26. The van der Waals surface area contributed by atoms with Crippen LogP contribution in [-0.2, 0) is 13.6 Å². The van der Waals surface area contributed by atoms with Gasteiger partial charge in [-0.25, -0.2) is 0 Å². The van der Waals surface area contributed by atoms with E-state index in [4.69, 9.17) is 4.74 Å². The van der Waals surface area contributed by atoms with Crippen LogP contribution in [0, 0.1) is 0 Å². The lowest BCUT2D eigenvalue weighted by Gasteiger charge is -2.17. The van der Waals surface area contributed by atoms with Gasteiger partial charge in [0, 0.05) is 25.4 Å². The number of Topliss-reactive ketones (excluding diaryl/α,β-unsaturated/α-hetero) is 1. The number of ether oxygens (including phenoxy) is 1. The van der Waals surface area contributed by atoms with Crippen molar-refractivity contribution >= 4 is 5.78 Å². The summed E-state index contributed by atoms with van der Waals surface area (Å²) in [4.78, 5) is 14.2. The summed E-state index contributed by atoms with van der Waals surface area (Å²) in [5, 5.41) is 0. The standard InChI is InChI=1S/C16H20N2O2/c1-17(11-13-7-4-5-9-16(13)20-3)12-15(19)14-8-6-10-18(14)2/h4-10H,11-12H2,1-3H3. The van der Waals surface area contributed by atoms with E-state index in [2.05, 4.69) is 0 Å². The zero-order valence-corrected chi connectivity index (χ0v) is 12.2. The Kier molecular flexibility index (Phi) is 4.58. The number of carbonyl (C=O) groups is 1. The highest BCUT2D eigenvalue weighted by Crippen LogP contribution is 2.18. The SMILES string of the molecule is COc1ccccc1CN(C)CC(=O)c1cccn1C. The summed E-state index contributed by atoms with van der Waals surface area (Å²) in [6.07, 6.45) is 1.88. The van der Waals surface area contributed by atoms with Crippen molar-refractivity contribution in [2.24, 2.45) is 7.05 Å². The van der Waals surface area contributed by atoms with Gasteiger partial charge in [-0.15, -0.1) is 0 Å². The number of methoxy groups -OCH3 is 1. The van der Waals surface area contributed by atoms with Gasteiger partial charge < -0.3 is 9.30 Å². The van der Waals surface area contributed by atoms with E-state index in [1.165, 1.54) is 0 Å². The molecule has 0 saturated carbocycles. The highest BCUT2D eigenvalue weighted by Gasteiger charge is 2.13. The summed E-state index contributed by atoms with van der Waals surface area (Å²) >= 11 is 0. The van der Waals surface area contributed by atoms with E-state index in [-0.39, 0.29) is 5.78 Å². The second-order valence-corrected chi connectivity index (χ2v) is 4.91. The van der Waals surface area contributed by atoms with Crippen LogP contribution in [0.2, 0.25) is 0 Å². The molecule has 0 spiro atoms. The van der Waals surface area contributed by atoms with Crippen LogP contribution in [0.25, 0.3) is 0 Å². The van der Waals surface area contributed by atoms with Crippen molar-refractivity contribution < 1.29 is 9.53 Å². The van der Waals surface area contributed by atoms with E-state index in [0.29, 0.717) is 13.1 Å². The van der Waals surface area contributed by atoms with Crippen LogP contribution < -0.4 is 4.74 Å². The van der Waals surface area contributed by atoms with Crippen molar-refractivity contribution in [1.82, 2.24) is 9.47 Å². The second kappa shape index (κ2) is 6.39. The number of para-hydroxylation sites is 1. The minimum absolute atomic E-state index is 0.120. The Morgan fingerprint density at radius 3 is 2.65 bits per heavy atom. The molecule has 1 heterocycles. The predicted molar refractivity (Wildman–Crippen MR) is 79.1 cm³/mol. The molecule has 1 aromatic heterocycles. The summed E-state index contributed by atoms with van der Waals surface area (Å²) in [5.41, 5.74) is 1.81.